The van der Waals surface area contributed by atoms with Crippen LogP contribution < -0.4 is 10.1 Å². The minimum absolute atomic E-state index is 0.177. The summed E-state index contributed by atoms with van der Waals surface area (Å²) in [4.78, 5) is 13.0. The van der Waals surface area contributed by atoms with Gasteiger partial charge >= 0.3 is 6.03 Å². The van der Waals surface area contributed by atoms with E-state index < -0.39 is 4.33 Å². The summed E-state index contributed by atoms with van der Waals surface area (Å²) in [7, 11) is 3.37. The number of nitrogens with zero attached hydrogens (tertiary/aromatic N) is 1. The molecule has 1 aliphatic rings. The first kappa shape index (κ1) is 14.3. The summed E-state index contributed by atoms with van der Waals surface area (Å²) in [5, 5.41) is 2.76. The number of anilines is 1. The van der Waals surface area contributed by atoms with Gasteiger partial charge in [0.2, 0.25) is 0 Å². The Morgan fingerprint density at radius 1 is 1.53 bits per heavy atom. The number of hydrogen-bond donors (Lipinski definition) is 1. The molecule has 104 valence electrons. The Kier molecular flexibility index (Phi) is 4.11. The van der Waals surface area contributed by atoms with E-state index in [0.717, 1.165) is 6.42 Å². The molecule has 4 nitrogen and oxygen atoms in total. The Bertz CT molecular complexity index is 477. The van der Waals surface area contributed by atoms with Gasteiger partial charge < -0.3 is 15.0 Å². The fourth-order valence-electron chi connectivity index (χ4n) is 1.55. The number of amides is 2. The standard InChI is InChI=1S/C13H16Cl2N2O2/c1-17(2)12(18)16-10-4-3-5-11(6-10)19-8-9-7-13(9,14)15/h3-6,9H,7-8H2,1-2H3,(H,16,18). The summed E-state index contributed by atoms with van der Waals surface area (Å²) >= 11 is 11.9. The lowest BCUT2D eigenvalue weighted by molar-refractivity contribution is 0.230. The Balaban J connectivity index is 1.90. The van der Waals surface area contributed by atoms with Crippen LogP contribution >= 0.6 is 23.2 Å². The van der Waals surface area contributed by atoms with E-state index in [-0.39, 0.29) is 11.9 Å². The molecule has 19 heavy (non-hydrogen) atoms. The average molecular weight is 303 g/mol. The van der Waals surface area contributed by atoms with Crippen molar-refractivity contribution in [2.75, 3.05) is 26.0 Å². The smallest absolute Gasteiger partial charge is 0.321 e. The highest BCUT2D eigenvalue weighted by Gasteiger charge is 2.52. The number of halogens is 2. The number of urea groups is 1. The van der Waals surface area contributed by atoms with Crippen LogP contribution in [0.3, 0.4) is 0 Å². The van der Waals surface area contributed by atoms with Gasteiger partial charge in [0.1, 0.15) is 10.1 Å². The lowest BCUT2D eigenvalue weighted by Crippen LogP contribution is -2.27. The van der Waals surface area contributed by atoms with Gasteiger partial charge in [-0.2, -0.15) is 0 Å². The molecule has 0 aromatic heterocycles. The van der Waals surface area contributed by atoms with Crippen LogP contribution in [0.2, 0.25) is 0 Å². The van der Waals surface area contributed by atoms with E-state index in [1.165, 1.54) is 4.90 Å². The van der Waals surface area contributed by atoms with Gasteiger partial charge in [-0.1, -0.05) is 6.07 Å². The Labute approximate surface area is 122 Å². The molecular formula is C13H16Cl2N2O2. The first-order valence-electron chi connectivity index (χ1n) is 5.97. The van der Waals surface area contributed by atoms with Crippen molar-refractivity contribution >= 4 is 34.9 Å². The molecule has 1 fully saturated rings. The van der Waals surface area contributed by atoms with Crippen LogP contribution in [-0.2, 0) is 0 Å². The van der Waals surface area contributed by atoms with Crippen molar-refractivity contribution in [3.63, 3.8) is 0 Å². The largest absolute Gasteiger partial charge is 0.493 e. The maximum atomic E-state index is 11.5. The van der Waals surface area contributed by atoms with Crippen LogP contribution in [0, 0.1) is 5.92 Å². The van der Waals surface area contributed by atoms with E-state index in [2.05, 4.69) is 5.32 Å². The minimum Gasteiger partial charge on any atom is -0.493 e. The first-order chi connectivity index (χ1) is 8.88. The van der Waals surface area contributed by atoms with E-state index in [4.69, 9.17) is 27.9 Å². The highest BCUT2D eigenvalue weighted by molar-refractivity contribution is 6.50. The van der Waals surface area contributed by atoms with Crippen LogP contribution in [0.5, 0.6) is 5.75 Å². The number of benzene rings is 1. The highest BCUT2D eigenvalue weighted by Crippen LogP contribution is 2.53. The molecule has 1 N–H and O–H groups in total. The second-order valence-electron chi connectivity index (χ2n) is 4.83. The van der Waals surface area contributed by atoms with Crippen molar-refractivity contribution in [1.82, 2.24) is 4.90 Å². The van der Waals surface area contributed by atoms with Crippen LogP contribution in [-0.4, -0.2) is 36.0 Å². The molecule has 2 amide bonds. The summed E-state index contributed by atoms with van der Waals surface area (Å²) in [6, 6.07) is 7.05. The van der Waals surface area contributed by atoms with E-state index in [1.807, 2.05) is 12.1 Å². The van der Waals surface area contributed by atoms with E-state index in [1.54, 1.807) is 26.2 Å². The Morgan fingerprint density at radius 3 is 2.79 bits per heavy atom. The van der Waals surface area contributed by atoms with Crippen molar-refractivity contribution in [3.05, 3.63) is 24.3 Å². The lowest BCUT2D eigenvalue weighted by Gasteiger charge is -2.13. The lowest BCUT2D eigenvalue weighted by atomic mass is 10.3. The summed E-state index contributed by atoms with van der Waals surface area (Å²) < 4.78 is 4.99. The van der Waals surface area contributed by atoms with Gasteiger partial charge in [0.15, 0.2) is 0 Å². The second-order valence-corrected chi connectivity index (χ2v) is 6.37. The molecule has 2 rings (SSSR count). The summed E-state index contributed by atoms with van der Waals surface area (Å²) in [5.74, 6) is 0.864. The molecule has 0 heterocycles. The monoisotopic (exact) mass is 302 g/mol. The van der Waals surface area contributed by atoms with Crippen molar-refractivity contribution in [1.29, 1.82) is 0 Å². The predicted molar refractivity (Wildman–Crippen MR) is 77.2 cm³/mol. The summed E-state index contributed by atoms with van der Waals surface area (Å²) in [5.41, 5.74) is 0.690. The SMILES string of the molecule is CN(C)C(=O)Nc1cccc(OCC2CC2(Cl)Cl)c1. The summed E-state index contributed by atoms with van der Waals surface area (Å²) in [6.07, 6.45) is 0.757. The Morgan fingerprint density at radius 2 is 2.21 bits per heavy atom. The van der Waals surface area contributed by atoms with Gasteiger partial charge in [0, 0.05) is 31.8 Å². The van der Waals surface area contributed by atoms with E-state index in [9.17, 15) is 4.79 Å². The van der Waals surface area contributed by atoms with Gasteiger partial charge in [-0.3, -0.25) is 0 Å². The highest BCUT2D eigenvalue weighted by atomic mass is 35.5. The molecule has 1 aromatic carbocycles. The van der Waals surface area contributed by atoms with Crippen LogP contribution in [0.15, 0.2) is 24.3 Å². The zero-order valence-electron chi connectivity index (χ0n) is 10.8. The van der Waals surface area contributed by atoms with Crippen LogP contribution in [0.1, 0.15) is 6.42 Å². The zero-order valence-corrected chi connectivity index (χ0v) is 12.3. The molecule has 0 spiro atoms. The number of carbonyl (C=O) groups is 1. The number of ether oxygens (including phenoxy) is 1. The third kappa shape index (κ3) is 3.91. The zero-order chi connectivity index (χ0) is 14.0. The van der Waals surface area contributed by atoms with Gasteiger partial charge in [0.05, 0.1) is 6.61 Å². The number of carbonyl (C=O) groups excluding carboxylic acids is 1. The van der Waals surface area contributed by atoms with Crippen molar-refractivity contribution in [2.24, 2.45) is 5.92 Å². The molecule has 0 bridgehead atoms. The molecule has 1 saturated carbocycles. The third-order valence-electron chi connectivity index (χ3n) is 2.90. The van der Waals surface area contributed by atoms with Gasteiger partial charge in [0.25, 0.3) is 0 Å². The molecular weight excluding hydrogens is 287 g/mol. The maximum Gasteiger partial charge on any atom is 0.321 e. The molecule has 0 aliphatic heterocycles. The first-order valence-corrected chi connectivity index (χ1v) is 6.73. The number of hydrogen-bond acceptors (Lipinski definition) is 2. The fourth-order valence-corrected chi connectivity index (χ4v) is 2.04. The average Bonchev–Trinajstić information content (AvgIpc) is 2.95. The number of alkyl halides is 2. The minimum atomic E-state index is -0.628. The Hall–Kier alpha value is -1.13. The van der Waals surface area contributed by atoms with Gasteiger partial charge in [-0.05, 0) is 18.6 Å². The third-order valence-corrected chi connectivity index (χ3v) is 3.82. The quantitative estimate of drug-likeness (QED) is 0.867. The van der Waals surface area contributed by atoms with Crippen molar-refractivity contribution in [3.8, 4) is 5.75 Å². The molecule has 0 radical (unpaired) electrons. The topological polar surface area (TPSA) is 41.6 Å². The summed E-state index contributed by atoms with van der Waals surface area (Å²) in [6.45, 7) is 0.484. The number of nitrogens with one attached hydrogen (secondary N) is 1. The molecule has 1 atom stereocenters. The molecule has 1 aromatic rings. The van der Waals surface area contributed by atoms with Crippen LogP contribution in [0.25, 0.3) is 0 Å². The molecule has 0 saturated heterocycles. The molecule has 1 aliphatic carbocycles. The predicted octanol–water partition coefficient (Wildman–Crippen LogP) is 3.35. The van der Waals surface area contributed by atoms with E-state index in [0.29, 0.717) is 18.0 Å². The van der Waals surface area contributed by atoms with Crippen molar-refractivity contribution < 1.29 is 9.53 Å². The molecule has 6 heteroatoms. The molecule has 1 unspecified atom stereocenters. The normalized spacial score (nSPS) is 19.7. The fraction of sp³-hybridized carbons (Fsp3) is 0.462. The second kappa shape index (κ2) is 5.47. The van der Waals surface area contributed by atoms with Crippen molar-refractivity contribution in [2.45, 2.75) is 10.8 Å². The maximum absolute atomic E-state index is 11.5. The van der Waals surface area contributed by atoms with Gasteiger partial charge in [-0.15, -0.1) is 23.2 Å². The number of rotatable bonds is 4. The van der Waals surface area contributed by atoms with E-state index >= 15 is 0 Å². The van der Waals surface area contributed by atoms with Gasteiger partial charge in [-0.25, -0.2) is 4.79 Å². The van der Waals surface area contributed by atoms with Crippen LogP contribution in [0.4, 0.5) is 10.5 Å².